The molecule has 0 aliphatic carbocycles. The third-order valence-corrected chi connectivity index (χ3v) is 5.02. The Balaban J connectivity index is 1.83. The van der Waals surface area contributed by atoms with Gasteiger partial charge in [-0.15, -0.1) is 0 Å². The van der Waals surface area contributed by atoms with E-state index in [1.54, 1.807) is 37.4 Å². The number of methoxy groups -OCH3 is 1. The van der Waals surface area contributed by atoms with Gasteiger partial charge in [-0.3, -0.25) is 9.69 Å². The van der Waals surface area contributed by atoms with E-state index in [0.29, 0.717) is 27.1 Å². The Morgan fingerprint density at radius 2 is 2.00 bits per heavy atom. The van der Waals surface area contributed by atoms with Crippen molar-refractivity contribution in [1.29, 1.82) is 0 Å². The molecule has 0 spiro atoms. The minimum atomic E-state index is -0.403. The summed E-state index contributed by atoms with van der Waals surface area (Å²) in [7, 11) is 3.00. The summed E-state index contributed by atoms with van der Waals surface area (Å²) < 4.78 is 10.9. The van der Waals surface area contributed by atoms with Gasteiger partial charge < -0.3 is 9.15 Å². The fraction of sp³-hybridized carbons (Fsp3) is 0.118. The van der Waals surface area contributed by atoms with E-state index in [0.717, 1.165) is 3.77 Å². The predicted octanol–water partition coefficient (Wildman–Crippen LogP) is 3.90. The highest BCUT2D eigenvalue weighted by Gasteiger charge is 2.30. The number of carbonyl (C=O) groups excluding carboxylic acids is 2. The fourth-order valence-electron chi connectivity index (χ4n) is 2.09. The van der Waals surface area contributed by atoms with E-state index in [2.05, 4.69) is 32.3 Å². The van der Waals surface area contributed by atoms with E-state index in [-0.39, 0.29) is 5.91 Å². The highest BCUT2D eigenvalue weighted by molar-refractivity contribution is 14.1. The van der Waals surface area contributed by atoms with E-state index in [9.17, 15) is 9.59 Å². The van der Waals surface area contributed by atoms with E-state index >= 15 is 0 Å². The summed E-state index contributed by atoms with van der Waals surface area (Å²) in [5.41, 5.74) is 1.09. The number of esters is 1. The number of halogens is 1. The SMILES string of the molecule is COC(=O)c1ccc(N=C2SC(=Cc3ccc(I)o3)C(=O)N2C)cc1. The summed E-state index contributed by atoms with van der Waals surface area (Å²) >= 11 is 3.35. The zero-order valence-corrected chi connectivity index (χ0v) is 16.3. The highest BCUT2D eigenvalue weighted by atomic mass is 127. The first-order valence-corrected chi connectivity index (χ1v) is 9.07. The fourth-order valence-corrected chi connectivity index (χ4v) is 3.49. The number of amides is 1. The molecule has 2 aromatic rings. The van der Waals surface area contributed by atoms with Crippen LogP contribution in [0.4, 0.5) is 5.69 Å². The van der Waals surface area contributed by atoms with Crippen molar-refractivity contribution in [2.75, 3.05) is 14.2 Å². The van der Waals surface area contributed by atoms with Crippen LogP contribution in [0, 0.1) is 3.77 Å². The lowest BCUT2D eigenvalue weighted by atomic mass is 10.2. The molecule has 1 fully saturated rings. The molecule has 1 saturated heterocycles. The third kappa shape index (κ3) is 3.96. The van der Waals surface area contributed by atoms with Crippen molar-refractivity contribution >= 4 is 63.2 Å². The summed E-state index contributed by atoms with van der Waals surface area (Å²) in [6.45, 7) is 0. The van der Waals surface area contributed by atoms with Crippen LogP contribution < -0.4 is 0 Å². The van der Waals surface area contributed by atoms with Gasteiger partial charge in [0.25, 0.3) is 5.91 Å². The van der Waals surface area contributed by atoms with Crippen molar-refractivity contribution in [3.05, 3.63) is 56.4 Å². The van der Waals surface area contributed by atoms with Crippen molar-refractivity contribution in [2.45, 2.75) is 0 Å². The normalized spacial score (nSPS) is 17.6. The number of hydrogen-bond donors (Lipinski definition) is 0. The average molecular weight is 468 g/mol. The molecule has 8 heteroatoms. The standard InChI is InChI=1S/C17H13IN2O4S/c1-20-15(21)13(9-12-7-8-14(18)24-12)25-17(20)19-11-5-3-10(4-6-11)16(22)23-2/h3-9H,1-2H3. The van der Waals surface area contributed by atoms with Crippen LogP contribution in [0.2, 0.25) is 0 Å². The topological polar surface area (TPSA) is 72.1 Å². The number of carbonyl (C=O) groups is 2. The molecule has 1 aromatic heterocycles. The molecule has 25 heavy (non-hydrogen) atoms. The van der Waals surface area contributed by atoms with E-state index < -0.39 is 5.97 Å². The number of aliphatic imine (C=N–C) groups is 1. The van der Waals surface area contributed by atoms with Crippen molar-refractivity contribution in [2.24, 2.45) is 4.99 Å². The van der Waals surface area contributed by atoms with E-state index in [4.69, 9.17) is 4.42 Å². The minimum absolute atomic E-state index is 0.138. The molecule has 2 heterocycles. The summed E-state index contributed by atoms with van der Waals surface area (Å²) in [5.74, 6) is 0.0821. The maximum absolute atomic E-state index is 12.4. The lowest BCUT2D eigenvalue weighted by Gasteiger charge is -2.07. The first-order chi connectivity index (χ1) is 12.0. The third-order valence-electron chi connectivity index (χ3n) is 3.38. The Morgan fingerprint density at radius 3 is 2.60 bits per heavy atom. The van der Waals surface area contributed by atoms with Crippen LogP contribution in [0.15, 0.2) is 50.7 Å². The van der Waals surface area contributed by atoms with Crippen molar-refractivity contribution in [3.63, 3.8) is 0 Å². The molecule has 0 saturated carbocycles. The number of ether oxygens (including phenoxy) is 1. The summed E-state index contributed by atoms with van der Waals surface area (Å²) in [6, 6.07) is 10.3. The largest absolute Gasteiger partial charge is 0.465 e. The van der Waals surface area contributed by atoms with Gasteiger partial charge in [-0.1, -0.05) is 0 Å². The van der Waals surface area contributed by atoms with Crippen LogP contribution in [0.25, 0.3) is 6.08 Å². The Labute approximate surface area is 162 Å². The Hall–Kier alpha value is -2.07. The first-order valence-electron chi connectivity index (χ1n) is 7.18. The molecule has 0 N–H and O–H groups in total. The van der Waals surface area contributed by atoms with Gasteiger partial charge in [0.05, 0.1) is 23.3 Å². The molecule has 0 unspecified atom stereocenters. The summed E-state index contributed by atoms with van der Waals surface area (Å²) in [5, 5.41) is 0.559. The first kappa shape index (κ1) is 17.7. The average Bonchev–Trinajstić information content (AvgIpc) is 3.14. The molecule has 1 aliphatic heterocycles. The number of nitrogens with zero attached hydrogens (tertiary/aromatic N) is 2. The van der Waals surface area contributed by atoms with Gasteiger partial charge in [0.2, 0.25) is 0 Å². The minimum Gasteiger partial charge on any atom is -0.465 e. The van der Waals surface area contributed by atoms with Crippen LogP contribution in [-0.2, 0) is 9.53 Å². The molecule has 1 aliphatic rings. The van der Waals surface area contributed by atoms with Crippen molar-refractivity contribution < 1.29 is 18.7 Å². The van der Waals surface area contributed by atoms with Gasteiger partial charge in [-0.2, -0.15) is 0 Å². The second-order valence-corrected chi connectivity index (χ2v) is 7.12. The number of rotatable bonds is 3. The summed E-state index contributed by atoms with van der Waals surface area (Å²) in [6.07, 6.45) is 1.70. The Bertz CT molecular complexity index is 886. The van der Waals surface area contributed by atoms with Crippen LogP contribution in [0.3, 0.4) is 0 Å². The molecule has 1 aromatic carbocycles. The van der Waals surface area contributed by atoms with Crippen LogP contribution in [0.5, 0.6) is 0 Å². The number of amidine groups is 1. The van der Waals surface area contributed by atoms with Crippen LogP contribution in [0.1, 0.15) is 16.1 Å². The molecule has 0 radical (unpaired) electrons. The Morgan fingerprint density at radius 1 is 1.28 bits per heavy atom. The molecule has 0 bridgehead atoms. The molecule has 1 amide bonds. The summed E-state index contributed by atoms with van der Waals surface area (Å²) in [4.78, 5) is 30.3. The predicted molar refractivity (Wildman–Crippen MR) is 105 cm³/mol. The molecule has 128 valence electrons. The zero-order valence-electron chi connectivity index (χ0n) is 13.4. The molecular weight excluding hydrogens is 455 g/mol. The van der Waals surface area contributed by atoms with Gasteiger partial charge in [0, 0.05) is 13.1 Å². The lowest BCUT2D eigenvalue weighted by molar-refractivity contribution is -0.121. The number of hydrogen-bond acceptors (Lipinski definition) is 6. The molecule has 3 rings (SSSR count). The monoisotopic (exact) mass is 468 g/mol. The number of furan rings is 1. The van der Waals surface area contributed by atoms with Gasteiger partial charge >= 0.3 is 5.97 Å². The number of likely N-dealkylation sites (N-methyl/N-ethyl adjacent to an activating group) is 1. The maximum atomic E-state index is 12.4. The maximum Gasteiger partial charge on any atom is 0.337 e. The van der Waals surface area contributed by atoms with E-state index in [1.807, 2.05) is 12.1 Å². The van der Waals surface area contributed by atoms with Gasteiger partial charge in [-0.05, 0) is 70.8 Å². The van der Waals surface area contributed by atoms with Gasteiger partial charge in [0.1, 0.15) is 5.76 Å². The van der Waals surface area contributed by atoms with Crippen molar-refractivity contribution in [3.8, 4) is 0 Å². The smallest absolute Gasteiger partial charge is 0.337 e. The number of benzene rings is 1. The molecule has 6 nitrogen and oxygen atoms in total. The number of thioether (sulfide) groups is 1. The van der Waals surface area contributed by atoms with Gasteiger partial charge in [-0.25, -0.2) is 9.79 Å². The molecular formula is C17H13IN2O4S. The Kier molecular flexibility index (Phi) is 5.28. The molecule has 0 atom stereocenters. The lowest BCUT2D eigenvalue weighted by Crippen LogP contribution is -2.23. The highest BCUT2D eigenvalue weighted by Crippen LogP contribution is 2.33. The zero-order chi connectivity index (χ0) is 18.0. The van der Waals surface area contributed by atoms with Crippen molar-refractivity contribution in [1.82, 2.24) is 4.90 Å². The quantitative estimate of drug-likeness (QED) is 0.388. The van der Waals surface area contributed by atoms with Crippen LogP contribution in [-0.4, -0.2) is 36.1 Å². The van der Waals surface area contributed by atoms with E-state index in [1.165, 1.54) is 23.8 Å². The van der Waals surface area contributed by atoms with Crippen LogP contribution >= 0.6 is 34.4 Å². The van der Waals surface area contributed by atoms with Gasteiger partial charge in [0.15, 0.2) is 8.93 Å². The second-order valence-electron chi connectivity index (χ2n) is 5.05. The second kappa shape index (κ2) is 7.44.